The van der Waals surface area contributed by atoms with Crippen LogP contribution in [0.2, 0.25) is 0 Å². The Morgan fingerprint density at radius 2 is 1.17 bits per heavy atom. The molecule has 0 radical (unpaired) electrons. The van der Waals surface area contributed by atoms with Crippen LogP contribution in [0, 0.1) is 35.5 Å². The molecular weight excluding hydrogens is 437 g/mol. The van der Waals surface area contributed by atoms with Crippen molar-refractivity contribution in [1.82, 2.24) is 0 Å². The fraction of sp³-hybridized carbons (Fsp3) is 0.625. The van der Waals surface area contributed by atoms with Crippen molar-refractivity contribution in [1.29, 1.82) is 0 Å². The highest BCUT2D eigenvalue weighted by Gasteiger charge is 2.87. The topological polar surface area (TPSA) is 34.1 Å². The number of ketones is 2. The van der Waals surface area contributed by atoms with Gasteiger partial charge in [-0.3, -0.25) is 9.59 Å². The third-order valence-corrected chi connectivity index (χ3v) is 10.9. The van der Waals surface area contributed by atoms with Crippen LogP contribution in [-0.2, 0) is 9.59 Å². The van der Waals surface area contributed by atoms with Crippen molar-refractivity contribution in [3.8, 4) is 0 Å². The molecule has 8 unspecified atom stereocenters. The van der Waals surface area contributed by atoms with Gasteiger partial charge in [0.15, 0.2) is 4.33 Å². The predicted octanol–water partition coefficient (Wildman–Crippen LogP) is 4.65. The second-order valence-corrected chi connectivity index (χ2v) is 10.7. The van der Waals surface area contributed by atoms with Crippen molar-refractivity contribution in [2.75, 3.05) is 0 Å². The molecule has 0 aromatic carbocycles. The van der Waals surface area contributed by atoms with Crippen LogP contribution in [-0.4, -0.2) is 25.6 Å². The van der Waals surface area contributed by atoms with Gasteiger partial charge in [-0.15, -0.1) is 23.2 Å². The number of halogens is 6. The number of Topliss-reactive ketones (excluding diaryl/α,β-unsaturated/α-hetero) is 2. The zero-order chi connectivity index (χ0) is 17.4. The van der Waals surface area contributed by atoms with E-state index in [1.54, 1.807) is 0 Å². The minimum atomic E-state index is -1.84. The van der Waals surface area contributed by atoms with Gasteiger partial charge in [-0.2, -0.15) is 0 Å². The Balaban J connectivity index is 1.77. The Hall–Kier alpha value is 0.560. The fourth-order valence-corrected chi connectivity index (χ4v) is 8.67. The molecule has 2 nitrogen and oxygen atoms in total. The number of hydrogen-bond donors (Lipinski definition) is 0. The van der Waals surface area contributed by atoms with Crippen LogP contribution in [0.15, 0.2) is 22.2 Å². The number of rotatable bonds is 0. The maximum absolute atomic E-state index is 13.3. The summed E-state index contributed by atoms with van der Waals surface area (Å²) in [7, 11) is 0. The maximum atomic E-state index is 13.3. The van der Waals surface area contributed by atoms with Crippen molar-refractivity contribution >= 4 is 81.2 Å². The first-order chi connectivity index (χ1) is 11.1. The second kappa shape index (κ2) is 4.51. The third-order valence-electron chi connectivity index (χ3n) is 6.67. The van der Waals surface area contributed by atoms with Crippen LogP contribution in [0.4, 0.5) is 0 Å². The summed E-state index contributed by atoms with van der Waals surface area (Å²) in [5, 5.41) is -0.0456. The summed E-state index contributed by atoms with van der Waals surface area (Å²) in [5.41, 5.74) is 0. The molecular formula is C16H10Cl6O2. The number of allylic oxidation sites excluding steroid dienone is 4. The molecule has 5 aliphatic rings. The minimum absolute atomic E-state index is 0.0228. The number of hydrogen-bond acceptors (Lipinski definition) is 2. The van der Waals surface area contributed by atoms with Gasteiger partial charge in [-0.05, 0) is 18.3 Å². The summed E-state index contributed by atoms with van der Waals surface area (Å²) in [6.45, 7) is 0. The minimum Gasteiger partial charge on any atom is -0.299 e. The standard InChI is InChI=1S/C16H10Cl6O2/c17-12-13(18)15(20)9-8(14(12,19)16(15,21)22)10(23)6-4-1-2-5(3-4)7(6)11(9)24/h1-2,4-9H,3H2. The molecule has 3 fully saturated rings. The van der Waals surface area contributed by atoms with Gasteiger partial charge in [0, 0.05) is 11.8 Å². The zero-order valence-corrected chi connectivity index (χ0v) is 16.4. The van der Waals surface area contributed by atoms with Crippen LogP contribution >= 0.6 is 69.6 Å². The van der Waals surface area contributed by atoms with E-state index >= 15 is 0 Å². The lowest BCUT2D eigenvalue weighted by Crippen LogP contribution is -2.56. The Kier molecular flexibility index (Phi) is 3.14. The predicted molar refractivity (Wildman–Crippen MR) is 95.0 cm³/mol. The van der Waals surface area contributed by atoms with Crippen LogP contribution in [0.25, 0.3) is 0 Å². The van der Waals surface area contributed by atoms with Gasteiger partial charge in [0.05, 0.1) is 21.9 Å². The van der Waals surface area contributed by atoms with E-state index < -0.39 is 37.8 Å². The highest BCUT2D eigenvalue weighted by molar-refractivity contribution is 6.66. The second-order valence-electron chi connectivity index (χ2n) is 7.39. The highest BCUT2D eigenvalue weighted by Crippen LogP contribution is 2.78. The first-order valence-corrected chi connectivity index (χ1v) is 9.94. The van der Waals surface area contributed by atoms with Gasteiger partial charge in [0.2, 0.25) is 0 Å². The van der Waals surface area contributed by atoms with E-state index in [4.69, 9.17) is 69.6 Å². The van der Waals surface area contributed by atoms with Crippen LogP contribution < -0.4 is 0 Å². The number of carbonyl (C=O) groups excluding carboxylic acids is 2. The Morgan fingerprint density at radius 3 is 1.54 bits per heavy atom. The molecule has 0 heterocycles. The quantitative estimate of drug-likeness (QED) is 0.401. The Bertz CT molecular complexity index is 727. The van der Waals surface area contributed by atoms with E-state index in [0.717, 1.165) is 6.42 Å². The summed E-state index contributed by atoms with van der Waals surface area (Å²) in [6.07, 6.45) is 4.83. The van der Waals surface area contributed by atoms with Crippen LogP contribution in [0.1, 0.15) is 6.42 Å². The lowest BCUT2D eigenvalue weighted by Gasteiger charge is -2.44. The van der Waals surface area contributed by atoms with E-state index in [2.05, 4.69) is 0 Å². The summed E-state index contributed by atoms with van der Waals surface area (Å²) >= 11 is 39.1. The number of alkyl halides is 4. The molecule has 4 bridgehead atoms. The first-order valence-electron chi connectivity index (χ1n) is 7.67. The van der Waals surface area contributed by atoms with Crippen LogP contribution in [0.5, 0.6) is 0 Å². The molecule has 24 heavy (non-hydrogen) atoms. The first kappa shape index (κ1) is 16.7. The molecule has 0 aliphatic heterocycles. The SMILES string of the molecule is O=C1C2C3C=CC(C3)C2C(=O)C2C1C1(Cl)C(Cl)=C(Cl)C2(Cl)C1(Cl)Cl. The van der Waals surface area contributed by atoms with Gasteiger partial charge in [0.25, 0.3) is 0 Å². The molecule has 0 saturated heterocycles. The van der Waals surface area contributed by atoms with Crippen molar-refractivity contribution < 1.29 is 9.59 Å². The molecule has 8 heteroatoms. The van der Waals surface area contributed by atoms with E-state index in [1.165, 1.54) is 0 Å². The average molecular weight is 447 g/mol. The largest absolute Gasteiger partial charge is 0.299 e. The van der Waals surface area contributed by atoms with E-state index in [9.17, 15) is 9.59 Å². The molecule has 8 atom stereocenters. The van der Waals surface area contributed by atoms with Crippen molar-refractivity contribution in [2.24, 2.45) is 35.5 Å². The van der Waals surface area contributed by atoms with E-state index in [0.29, 0.717) is 0 Å². The molecule has 0 amide bonds. The molecule has 0 N–H and O–H groups in total. The van der Waals surface area contributed by atoms with E-state index in [-0.39, 0.29) is 33.5 Å². The number of fused-ring (bicyclic) bond motifs is 10. The molecule has 128 valence electrons. The Labute approximate surface area is 168 Å². The highest BCUT2D eigenvalue weighted by atomic mass is 35.5. The smallest absolute Gasteiger partial charge is 0.167 e. The van der Waals surface area contributed by atoms with Crippen molar-refractivity contribution in [2.45, 2.75) is 20.5 Å². The molecule has 0 aromatic heterocycles. The van der Waals surface area contributed by atoms with Crippen molar-refractivity contribution in [3.05, 3.63) is 22.2 Å². The van der Waals surface area contributed by atoms with Crippen LogP contribution in [0.3, 0.4) is 0 Å². The van der Waals surface area contributed by atoms with Gasteiger partial charge in [0.1, 0.15) is 21.3 Å². The lowest BCUT2D eigenvalue weighted by molar-refractivity contribution is -0.147. The maximum Gasteiger partial charge on any atom is 0.167 e. The molecule has 0 aromatic rings. The van der Waals surface area contributed by atoms with Gasteiger partial charge >= 0.3 is 0 Å². The normalized spacial score (nSPS) is 56.2. The zero-order valence-electron chi connectivity index (χ0n) is 11.9. The summed E-state index contributed by atoms with van der Waals surface area (Å²) in [5.74, 6) is -2.82. The summed E-state index contributed by atoms with van der Waals surface area (Å²) < 4.78 is -1.84. The van der Waals surface area contributed by atoms with Crippen molar-refractivity contribution in [3.63, 3.8) is 0 Å². The summed E-state index contributed by atoms with van der Waals surface area (Å²) in [4.78, 5) is 23.3. The summed E-state index contributed by atoms with van der Waals surface area (Å²) in [6, 6.07) is 0. The lowest BCUT2D eigenvalue weighted by atomic mass is 9.60. The van der Waals surface area contributed by atoms with Gasteiger partial charge in [-0.25, -0.2) is 0 Å². The van der Waals surface area contributed by atoms with Gasteiger partial charge < -0.3 is 0 Å². The molecule has 5 aliphatic carbocycles. The van der Waals surface area contributed by atoms with Gasteiger partial charge in [-0.1, -0.05) is 58.6 Å². The Morgan fingerprint density at radius 1 is 0.792 bits per heavy atom. The average Bonchev–Trinajstić information content (AvgIpc) is 3.19. The molecule has 3 saturated carbocycles. The van der Waals surface area contributed by atoms with E-state index in [1.807, 2.05) is 12.2 Å². The molecule has 5 rings (SSSR count). The number of carbonyl (C=O) groups is 2. The molecule has 0 spiro atoms. The fourth-order valence-electron chi connectivity index (χ4n) is 5.72. The monoisotopic (exact) mass is 444 g/mol. The third kappa shape index (κ3) is 1.37.